The van der Waals surface area contributed by atoms with Gasteiger partial charge in [-0.3, -0.25) is 9.78 Å². The number of phenols is 1. The number of pyridine rings is 1. The highest BCUT2D eigenvalue weighted by molar-refractivity contribution is 8.00. The van der Waals surface area contributed by atoms with Crippen molar-refractivity contribution in [3.63, 3.8) is 0 Å². The van der Waals surface area contributed by atoms with E-state index < -0.39 is 0 Å². The molecular weight excluding hydrogens is 308 g/mol. The highest BCUT2D eigenvalue weighted by Crippen LogP contribution is 2.29. The lowest BCUT2D eigenvalue weighted by Crippen LogP contribution is -2.38. The maximum Gasteiger partial charge on any atom is 0.232 e. The van der Waals surface area contributed by atoms with Crippen LogP contribution in [0.25, 0.3) is 0 Å². The van der Waals surface area contributed by atoms with Gasteiger partial charge < -0.3 is 10.0 Å². The summed E-state index contributed by atoms with van der Waals surface area (Å²) < 4.78 is 0. The van der Waals surface area contributed by atoms with Gasteiger partial charge in [-0.15, -0.1) is 11.8 Å². The van der Waals surface area contributed by atoms with Gasteiger partial charge in [-0.05, 0) is 48.6 Å². The zero-order chi connectivity index (χ0) is 16.1. The molecule has 1 fully saturated rings. The maximum absolute atomic E-state index is 12.3. The SMILES string of the molecule is O=C(CSc1ccncc1)N1CCC(c2ccc(O)cc2)CC1. The lowest BCUT2D eigenvalue weighted by molar-refractivity contribution is -0.129. The molecule has 0 atom stereocenters. The number of thioether (sulfide) groups is 1. The zero-order valence-corrected chi connectivity index (χ0v) is 13.7. The number of piperidine rings is 1. The van der Waals surface area contributed by atoms with Crippen molar-refractivity contribution >= 4 is 17.7 Å². The Morgan fingerprint density at radius 2 is 1.78 bits per heavy atom. The molecule has 0 bridgehead atoms. The van der Waals surface area contributed by atoms with Crippen LogP contribution in [0.2, 0.25) is 0 Å². The summed E-state index contributed by atoms with van der Waals surface area (Å²) in [6.45, 7) is 1.61. The minimum atomic E-state index is 0.205. The average Bonchev–Trinajstić information content (AvgIpc) is 2.61. The molecule has 120 valence electrons. The van der Waals surface area contributed by atoms with Crippen LogP contribution in [-0.4, -0.2) is 39.7 Å². The summed E-state index contributed by atoms with van der Waals surface area (Å²) in [4.78, 5) is 19.3. The van der Waals surface area contributed by atoms with Gasteiger partial charge in [-0.25, -0.2) is 0 Å². The summed E-state index contributed by atoms with van der Waals surface area (Å²) in [6.07, 6.45) is 5.46. The summed E-state index contributed by atoms with van der Waals surface area (Å²) in [6, 6.07) is 11.3. The van der Waals surface area contributed by atoms with E-state index in [0.717, 1.165) is 30.8 Å². The van der Waals surface area contributed by atoms with Crippen molar-refractivity contribution in [1.82, 2.24) is 9.88 Å². The fourth-order valence-electron chi connectivity index (χ4n) is 2.88. The number of phenolic OH excluding ortho intramolecular Hbond substituents is 1. The Labute approximate surface area is 140 Å². The van der Waals surface area contributed by atoms with Crippen LogP contribution in [0.1, 0.15) is 24.3 Å². The van der Waals surface area contributed by atoms with Crippen molar-refractivity contribution in [2.75, 3.05) is 18.8 Å². The summed E-state index contributed by atoms with van der Waals surface area (Å²) in [7, 11) is 0. The third-order valence-electron chi connectivity index (χ3n) is 4.22. The summed E-state index contributed by atoms with van der Waals surface area (Å²) in [5, 5.41) is 9.36. The number of benzene rings is 1. The van der Waals surface area contributed by atoms with Crippen LogP contribution < -0.4 is 0 Å². The normalized spacial score (nSPS) is 15.6. The van der Waals surface area contributed by atoms with Gasteiger partial charge >= 0.3 is 0 Å². The molecule has 0 spiro atoms. The van der Waals surface area contributed by atoms with Crippen LogP contribution in [-0.2, 0) is 4.79 Å². The molecule has 0 unspecified atom stereocenters. The lowest BCUT2D eigenvalue weighted by atomic mass is 9.89. The van der Waals surface area contributed by atoms with E-state index in [4.69, 9.17) is 0 Å². The highest BCUT2D eigenvalue weighted by atomic mass is 32.2. The topological polar surface area (TPSA) is 53.4 Å². The number of rotatable bonds is 4. The highest BCUT2D eigenvalue weighted by Gasteiger charge is 2.23. The summed E-state index contributed by atoms with van der Waals surface area (Å²) in [5.41, 5.74) is 1.25. The van der Waals surface area contributed by atoms with Crippen LogP contribution >= 0.6 is 11.8 Å². The quantitative estimate of drug-likeness (QED) is 0.875. The fourth-order valence-corrected chi connectivity index (χ4v) is 3.67. The molecule has 2 aromatic rings. The molecule has 0 saturated carbocycles. The Balaban J connectivity index is 1.48. The Kier molecular flexibility index (Phi) is 5.18. The molecule has 1 aromatic heterocycles. The number of aromatic hydroxyl groups is 1. The van der Waals surface area contributed by atoms with E-state index in [1.54, 1.807) is 36.3 Å². The Bertz CT molecular complexity index is 638. The van der Waals surface area contributed by atoms with E-state index in [-0.39, 0.29) is 5.91 Å². The van der Waals surface area contributed by atoms with Gasteiger partial charge in [0, 0.05) is 30.4 Å². The summed E-state index contributed by atoms with van der Waals surface area (Å²) >= 11 is 1.56. The van der Waals surface area contributed by atoms with Crippen molar-refractivity contribution in [3.8, 4) is 5.75 Å². The van der Waals surface area contributed by atoms with E-state index in [2.05, 4.69) is 4.98 Å². The Morgan fingerprint density at radius 3 is 2.43 bits per heavy atom. The van der Waals surface area contributed by atoms with Crippen LogP contribution in [0.15, 0.2) is 53.7 Å². The molecular formula is C18H20N2O2S. The van der Waals surface area contributed by atoms with Crippen molar-refractivity contribution in [1.29, 1.82) is 0 Å². The average molecular weight is 328 g/mol. The second-order valence-electron chi connectivity index (χ2n) is 5.72. The number of amides is 1. The minimum absolute atomic E-state index is 0.205. The third-order valence-corrected chi connectivity index (χ3v) is 5.22. The molecule has 1 aliphatic heterocycles. The fraction of sp³-hybridized carbons (Fsp3) is 0.333. The van der Waals surface area contributed by atoms with Crippen LogP contribution in [0.4, 0.5) is 0 Å². The number of carbonyl (C=O) groups is 1. The number of likely N-dealkylation sites (tertiary alicyclic amines) is 1. The number of hydrogen-bond donors (Lipinski definition) is 1. The Morgan fingerprint density at radius 1 is 1.13 bits per heavy atom. The second kappa shape index (κ2) is 7.51. The van der Waals surface area contributed by atoms with Crippen LogP contribution in [0.5, 0.6) is 5.75 Å². The molecule has 4 nitrogen and oxygen atoms in total. The van der Waals surface area contributed by atoms with Gasteiger partial charge in [0.15, 0.2) is 0 Å². The van der Waals surface area contributed by atoms with Gasteiger partial charge in [-0.1, -0.05) is 12.1 Å². The van der Waals surface area contributed by atoms with E-state index in [1.807, 2.05) is 29.2 Å². The van der Waals surface area contributed by atoms with Gasteiger partial charge in [0.2, 0.25) is 5.91 Å². The Hall–Kier alpha value is -2.01. The molecule has 5 heteroatoms. The minimum Gasteiger partial charge on any atom is -0.508 e. The molecule has 0 aliphatic carbocycles. The van der Waals surface area contributed by atoms with E-state index >= 15 is 0 Å². The molecule has 1 aliphatic rings. The van der Waals surface area contributed by atoms with E-state index in [1.165, 1.54) is 5.56 Å². The predicted octanol–water partition coefficient (Wildman–Crippen LogP) is 3.29. The molecule has 1 N–H and O–H groups in total. The van der Waals surface area contributed by atoms with Crippen LogP contribution in [0.3, 0.4) is 0 Å². The predicted molar refractivity (Wildman–Crippen MR) is 91.6 cm³/mol. The molecule has 1 amide bonds. The first-order valence-corrected chi connectivity index (χ1v) is 8.80. The first-order valence-electron chi connectivity index (χ1n) is 7.82. The summed E-state index contributed by atoms with van der Waals surface area (Å²) in [5.74, 6) is 1.46. The zero-order valence-electron chi connectivity index (χ0n) is 12.9. The second-order valence-corrected chi connectivity index (χ2v) is 6.77. The molecule has 3 rings (SSSR count). The molecule has 23 heavy (non-hydrogen) atoms. The largest absolute Gasteiger partial charge is 0.508 e. The third kappa shape index (κ3) is 4.26. The van der Waals surface area contributed by atoms with Gasteiger partial charge in [-0.2, -0.15) is 0 Å². The van der Waals surface area contributed by atoms with Gasteiger partial charge in [0.1, 0.15) is 5.75 Å². The number of aromatic nitrogens is 1. The molecule has 2 heterocycles. The first-order chi connectivity index (χ1) is 11.2. The first kappa shape index (κ1) is 15.9. The van der Waals surface area contributed by atoms with Gasteiger partial charge in [0.25, 0.3) is 0 Å². The molecule has 1 aromatic carbocycles. The number of carbonyl (C=O) groups excluding carboxylic acids is 1. The molecule has 0 radical (unpaired) electrons. The molecule has 1 saturated heterocycles. The lowest BCUT2D eigenvalue weighted by Gasteiger charge is -2.32. The monoisotopic (exact) mass is 328 g/mol. The van der Waals surface area contributed by atoms with E-state index in [0.29, 0.717) is 17.4 Å². The smallest absolute Gasteiger partial charge is 0.232 e. The van der Waals surface area contributed by atoms with Crippen molar-refractivity contribution in [2.45, 2.75) is 23.7 Å². The van der Waals surface area contributed by atoms with E-state index in [9.17, 15) is 9.90 Å². The maximum atomic E-state index is 12.3. The van der Waals surface area contributed by atoms with Crippen molar-refractivity contribution < 1.29 is 9.90 Å². The van der Waals surface area contributed by atoms with Crippen LogP contribution in [0, 0.1) is 0 Å². The van der Waals surface area contributed by atoms with Crippen molar-refractivity contribution in [2.24, 2.45) is 0 Å². The number of nitrogens with zero attached hydrogens (tertiary/aromatic N) is 2. The number of hydrogen-bond acceptors (Lipinski definition) is 4. The van der Waals surface area contributed by atoms with Gasteiger partial charge in [0.05, 0.1) is 5.75 Å². The van der Waals surface area contributed by atoms with Crippen molar-refractivity contribution in [3.05, 3.63) is 54.4 Å². The standard InChI is InChI=1S/C18H20N2O2S/c21-16-3-1-14(2-4-16)15-7-11-20(12-8-15)18(22)13-23-17-5-9-19-10-6-17/h1-6,9-10,15,21H,7-8,11-13H2.